The molecule has 0 bridgehead atoms. The highest BCUT2D eigenvalue weighted by molar-refractivity contribution is 7.09. The minimum atomic E-state index is -0.752. The van der Waals surface area contributed by atoms with Gasteiger partial charge in [0, 0.05) is 23.2 Å². The molecule has 0 aliphatic carbocycles. The first-order valence-corrected chi connectivity index (χ1v) is 6.47. The fourth-order valence-corrected chi connectivity index (χ4v) is 2.15. The molecule has 0 aliphatic rings. The molecule has 1 aromatic heterocycles. The summed E-state index contributed by atoms with van der Waals surface area (Å²) in [6.07, 6.45) is 1.58. The maximum Gasteiger partial charge on any atom is 0.270 e. The minimum Gasteiger partial charge on any atom is -0.347 e. The van der Waals surface area contributed by atoms with Gasteiger partial charge < -0.3 is 5.32 Å². The molecular formula is C12H10FN3O3S. The number of aryl methyl sites for hydroxylation is 1. The van der Waals surface area contributed by atoms with Crippen LogP contribution in [0.15, 0.2) is 23.8 Å². The molecule has 0 aliphatic heterocycles. The van der Waals surface area contributed by atoms with E-state index in [9.17, 15) is 19.3 Å². The zero-order valence-electron chi connectivity index (χ0n) is 10.4. The maximum atomic E-state index is 13.9. The van der Waals surface area contributed by atoms with E-state index in [2.05, 4.69) is 10.3 Å². The van der Waals surface area contributed by atoms with Crippen molar-refractivity contribution in [3.63, 3.8) is 0 Å². The van der Waals surface area contributed by atoms with Gasteiger partial charge in [-0.25, -0.2) is 4.39 Å². The number of halogens is 1. The third-order valence-electron chi connectivity index (χ3n) is 2.60. The van der Waals surface area contributed by atoms with Gasteiger partial charge in [-0.05, 0) is 12.5 Å². The molecule has 1 heterocycles. The zero-order chi connectivity index (χ0) is 14.7. The Hall–Kier alpha value is -2.35. The third-order valence-corrected chi connectivity index (χ3v) is 3.38. The first-order chi connectivity index (χ1) is 9.49. The van der Waals surface area contributed by atoms with Gasteiger partial charge in [0.1, 0.15) is 5.82 Å². The van der Waals surface area contributed by atoms with Crippen molar-refractivity contribution in [1.82, 2.24) is 10.3 Å². The quantitative estimate of drug-likeness (QED) is 0.693. The number of carbonyl (C=O) groups is 1. The van der Waals surface area contributed by atoms with E-state index in [4.69, 9.17) is 0 Å². The van der Waals surface area contributed by atoms with E-state index in [1.54, 1.807) is 11.7 Å². The van der Waals surface area contributed by atoms with Gasteiger partial charge in [0.15, 0.2) is 0 Å². The number of hydrogen-bond donors (Lipinski definition) is 1. The standard InChI is InChI=1S/C12H10FN3O3S/c1-7-2-8(16(18)19)3-10(11(7)13)12(17)15-5-9-4-14-6-20-9/h2-4,6H,5H2,1H3,(H,15,17). The smallest absolute Gasteiger partial charge is 0.270 e. The van der Waals surface area contributed by atoms with E-state index in [-0.39, 0.29) is 23.4 Å². The molecule has 2 rings (SSSR count). The summed E-state index contributed by atoms with van der Waals surface area (Å²) in [6.45, 7) is 1.58. The van der Waals surface area contributed by atoms with Crippen LogP contribution in [0, 0.1) is 22.9 Å². The molecule has 0 radical (unpaired) electrons. The van der Waals surface area contributed by atoms with Gasteiger partial charge in [-0.2, -0.15) is 0 Å². The molecule has 0 spiro atoms. The lowest BCUT2D eigenvalue weighted by atomic mass is 10.1. The fourth-order valence-electron chi connectivity index (χ4n) is 1.61. The summed E-state index contributed by atoms with van der Waals surface area (Å²) in [5, 5.41) is 13.2. The number of nitrogens with one attached hydrogen (secondary N) is 1. The van der Waals surface area contributed by atoms with Crippen molar-refractivity contribution in [2.45, 2.75) is 13.5 Å². The van der Waals surface area contributed by atoms with Gasteiger partial charge in [-0.1, -0.05) is 0 Å². The Balaban J connectivity index is 2.22. The zero-order valence-corrected chi connectivity index (χ0v) is 11.2. The van der Waals surface area contributed by atoms with Crippen molar-refractivity contribution >= 4 is 22.9 Å². The molecule has 0 fully saturated rings. The SMILES string of the molecule is Cc1cc([N+](=O)[O-])cc(C(=O)NCc2cncs2)c1F. The number of amides is 1. The lowest BCUT2D eigenvalue weighted by Crippen LogP contribution is -2.24. The van der Waals surface area contributed by atoms with Gasteiger partial charge >= 0.3 is 0 Å². The number of hydrogen-bond acceptors (Lipinski definition) is 5. The van der Waals surface area contributed by atoms with Crippen LogP contribution in [-0.4, -0.2) is 15.8 Å². The van der Waals surface area contributed by atoms with Crippen molar-refractivity contribution in [3.8, 4) is 0 Å². The van der Waals surface area contributed by atoms with E-state index >= 15 is 0 Å². The third kappa shape index (κ3) is 2.97. The molecular weight excluding hydrogens is 285 g/mol. The normalized spacial score (nSPS) is 10.3. The van der Waals surface area contributed by atoms with Crippen LogP contribution in [0.25, 0.3) is 0 Å². The van der Waals surface area contributed by atoms with Crippen molar-refractivity contribution < 1.29 is 14.1 Å². The lowest BCUT2D eigenvalue weighted by molar-refractivity contribution is -0.385. The number of thiazole rings is 1. The van der Waals surface area contributed by atoms with Crippen LogP contribution in [0.1, 0.15) is 20.8 Å². The predicted octanol–water partition coefficient (Wildman–Crippen LogP) is 2.43. The summed E-state index contributed by atoms with van der Waals surface area (Å²) in [7, 11) is 0. The van der Waals surface area contributed by atoms with Crippen LogP contribution < -0.4 is 5.32 Å². The number of aromatic nitrogens is 1. The Morgan fingerprint density at radius 3 is 2.90 bits per heavy atom. The van der Waals surface area contributed by atoms with E-state index in [0.717, 1.165) is 17.0 Å². The summed E-state index contributed by atoms with van der Waals surface area (Å²) in [6, 6.07) is 2.03. The van der Waals surface area contributed by atoms with Crippen molar-refractivity contribution in [2.75, 3.05) is 0 Å². The van der Waals surface area contributed by atoms with Gasteiger partial charge in [0.05, 0.1) is 22.5 Å². The largest absolute Gasteiger partial charge is 0.347 e. The highest BCUT2D eigenvalue weighted by atomic mass is 32.1. The molecule has 20 heavy (non-hydrogen) atoms. The molecule has 0 saturated carbocycles. The summed E-state index contributed by atoms with van der Waals surface area (Å²) in [5.74, 6) is -1.44. The topological polar surface area (TPSA) is 85.1 Å². The van der Waals surface area contributed by atoms with Gasteiger partial charge in [-0.15, -0.1) is 11.3 Å². The van der Waals surface area contributed by atoms with Crippen LogP contribution >= 0.6 is 11.3 Å². The molecule has 0 saturated heterocycles. The average Bonchev–Trinajstić information content (AvgIpc) is 2.92. The Morgan fingerprint density at radius 1 is 1.55 bits per heavy atom. The van der Waals surface area contributed by atoms with Crippen molar-refractivity contribution in [3.05, 3.63) is 55.8 Å². The Labute approximate surface area is 117 Å². The van der Waals surface area contributed by atoms with Gasteiger partial charge in [0.25, 0.3) is 11.6 Å². The van der Waals surface area contributed by atoms with Crippen molar-refractivity contribution in [1.29, 1.82) is 0 Å². The van der Waals surface area contributed by atoms with Crippen LogP contribution in [0.5, 0.6) is 0 Å². The average molecular weight is 295 g/mol. The summed E-state index contributed by atoms with van der Waals surface area (Å²) in [5.41, 5.74) is 1.02. The molecule has 0 unspecified atom stereocenters. The highest BCUT2D eigenvalue weighted by Crippen LogP contribution is 2.21. The number of nitrogens with zero attached hydrogens (tertiary/aromatic N) is 2. The highest BCUT2D eigenvalue weighted by Gasteiger charge is 2.19. The van der Waals surface area contributed by atoms with E-state index in [1.165, 1.54) is 18.3 Å². The van der Waals surface area contributed by atoms with Crippen LogP contribution in [0.4, 0.5) is 10.1 Å². The second-order valence-corrected chi connectivity index (χ2v) is 5.00. The van der Waals surface area contributed by atoms with Crippen LogP contribution in [-0.2, 0) is 6.54 Å². The Kier molecular flexibility index (Phi) is 4.04. The van der Waals surface area contributed by atoms with Crippen LogP contribution in [0.3, 0.4) is 0 Å². The molecule has 8 heteroatoms. The monoisotopic (exact) mass is 295 g/mol. The van der Waals surface area contributed by atoms with E-state index < -0.39 is 16.6 Å². The predicted molar refractivity (Wildman–Crippen MR) is 71.1 cm³/mol. The number of non-ortho nitro benzene ring substituents is 1. The van der Waals surface area contributed by atoms with E-state index in [1.807, 2.05) is 0 Å². The molecule has 1 aromatic carbocycles. The van der Waals surface area contributed by atoms with Crippen LogP contribution in [0.2, 0.25) is 0 Å². The molecule has 1 amide bonds. The number of nitro benzene ring substituents is 1. The molecule has 0 atom stereocenters. The number of rotatable bonds is 4. The number of carbonyl (C=O) groups excluding carboxylic acids is 1. The number of nitro groups is 1. The van der Waals surface area contributed by atoms with Gasteiger partial charge in [-0.3, -0.25) is 19.9 Å². The van der Waals surface area contributed by atoms with E-state index in [0.29, 0.717) is 0 Å². The maximum absolute atomic E-state index is 13.9. The first kappa shape index (κ1) is 14.1. The number of benzene rings is 1. The lowest BCUT2D eigenvalue weighted by Gasteiger charge is -2.06. The Morgan fingerprint density at radius 2 is 2.30 bits per heavy atom. The Bertz CT molecular complexity index is 658. The van der Waals surface area contributed by atoms with Crippen molar-refractivity contribution in [2.24, 2.45) is 0 Å². The van der Waals surface area contributed by atoms with Gasteiger partial charge in [0.2, 0.25) is 0 Å². The molecule has 6 nitrogen and oxygen atoms in total. The summed E-state index contributed by atoms with van der Waals surface area (Å²) in [4.78, 5) is 26.6. The first-order valence-electron chi connectivity index (χ1n) is 5.59. The second-order valence-electron chi connectivity index (χ2n) is 4.03. The summed E-state index contributed by atoms with van der Waals surface area (Å²) < 4.78 is 13.9. The fraction of sp³-hybridized carbons (Fsp3) is 0.167. The summed E-state index contributed by atoms with van der Waals surface area (Å²) >= 11 is 1.35. The second kappa shape index (κ2) is 5.74. The molecule has 104 valence electrons. The minimum absolute atomic E-state index is 0.0575. The molecule has 1 N–H and O–H groups in total. The molecule has 2 aromatic rings.